The monoisotopic (exact) mass is 250 g/mol. The minimum Gasteiger partial charge on any atom is -0.367 e. The zero-order chi connectivity index (χ0) is 12.1. The van der Waals surface area contributed by atoms with Gasteiger partial charge >= 0.3 is 0 Å². The van der Waals surface area contributed by atoms with Gasteiger partial charge in [0.25, 0.3) is 0 Å². The fraction of sp³-hybridized carbons (Fsp3) is 0.500. The highest BCUT2D eigenvalue weighted by Crippen LogP contribution is 2.17. The molecule has 3 heteroatoms. The number of hydrogen-bond acceptors (Lipinski definition) is 2. The van der Waals surface area contributed by atoms with Crippen LogP contribution in [0.3, 0.4) is 0 Å². The van der Waals surface area contributed by atoms with Crippen molar-refractivity contribution < 1.29 is 0 Å². The number of nitrogens with zero attached hydrogens (tertiary/aromatic N) is 1. The van der Waals surface area contributed by atoms with Crippen LogP contribution in [0, 0.1) is 0 Å². The van der Waals surface area contributed by atoms with E-state index < -0.39 is 0 Å². The number of halogens is 1. The number of amidine groups is 1. The predicted molar refractivity (Wildman–Crippen MR) is 73.8 cm³/mol. The Labute approximate surface area is 108 Å². The van der Waals surface area contributed by atoms with Gasteiger partial charge in [0, 0.05) is 24.0 Å². The van der Waals surface area contributed by atoms with E-state index in [9.17, 15) is 0 Å². The molecule has 2 rings (SSSR count). The van der Waals surface area contributed by atoms with Gasteiger partial charge in [-0.15, -0.1) is 0 Å². The molecular formula is C14H19ClN2. The van der Waals surface area contributed by atoms with Crippen LogP contribution in [0.1, 0.15) is 44.2 Å². The van der Waals surface area contributed by atoms with Crippen LogP contribution in [-0.4, -0.2) is 12.4 Å². The minimum atomic E-state index is 0.295. The first-order valence-corrected chi connectivity index (χ1v) is 6.69. The van der Waals surface area contributed by atoms with Crippen molar-refractivity contribution in [1.82, 2.24) is 5.32 Å². The van der Waals surface area contributed by atoms with Crippen LogP contribution >= 0.6 is 11.6 Å². The molecular weight excluding hydrogens is 232 g/mol. The van der Waals surface area contributed by atoms with E-state index in [-0.39, 0.29) is 0 Å². The fourth-order valence-corrected chi connectivity index (χ4v) is 2.20. The van der Waals surface area contributed by atoms with Crippen LogP contribution in [0.25, 0.3) is 0 Å². The molecule has 0 saturated heterocycles. The molecule has 17 heavy (non-hydrogen) atoms. The summed E-state index contributed by atoms with van der Waals surface area (Å²) in [6.45, 7) is 3.13. The summed E-state index contributed by atoms with van der Waals surface area (Å²) in [5, 5.41) is 4.29. The molecule has 0 saturated carbocycles. The van der Waals surface area contributed by atoms with Gasteiger partial charge in [0.15, 0.2) is 0 Å². The van der Waals surface area contributed by atoms with Crippen LogP contribution in [0.2, 0.25) is 5.02 Å². The Morgan fingerprint density at radius 2 is 1.94 bits per heavy atom. The average Bonchev–Trinajstić information content (AvgIpc) is 2.58. The predicted octanol–water partition coefficient (Wildman–Crippen LogP) is 3.96. The Balaban J connectivity index is 1.98. The Morgan fingerprint density at radius 3 is 2.71 bits per heavy atom. The van der Waals surface area contributed by atoms with E-state index in [1.807, 2.05) is 12.1 Å². The van der Waals surface area contributed by atoms with E-state index in [0.717, 1.165) is 23.8 Å². The van der Waals surface area contributed by atoms with Gasteiger partial charge in [-0.25, -0.2) is 0 Å². The maximum Gasteiger partial charge on any atom is 0.0967 e. The third-order valence-electron chi connectivity index (χ3n) is 3.13. The molecule has 1 aromatic carbocycles. The summed E-state index contributed by atoms with van der Waals surface area (Å²) in [7, 11) is 0. The van der Waals surface area contributed by atoms with E-state index in [2.05, 4.69) is 29.4 Å². The normalized spacial score (nSPS) is 18.1. The molecule has 0 bridgehead atoms. The van der Waals surface area contributed by atoms with Gasteiger partial charge in [-0.2, -0.15) is 0 Å². The molecule has 1 unspecified atom stereocenters. The van der Waals surface area contributed by atoms with Gasteiger partial charge in [-0.1, -0.05) is 30.2 Å². The van der Waals surface area contributed by atoms with Crippen LogP contribution in [0.15, 0.2) is 29.3 Å². The number of hydrogen-bond donors (Lipinski definition) is 1. The van der Waals surface area contributed by atoms with Gasteiger partial charge in [0.05, 0.1) is 5.84 Å². The zero-order valence-electron chi connectivity index (χ0n) is 10.2. The molecule has 1 aliphatic heterocycles. The van der Waals surface area contributed by atoms with E-state index in [4.69, 9.17) is 11.6 Å². The van der Waals surface area contributed by atoms with E-state index in [1.165, 1.54) is 24.8 Å². The summed E-state index contributed by atoms with van der Waals surface area (Å²) in [5.74, 6) is 1.16. The Hall–Kier alpha value is -1.02. The lowest BCUT2D eigenvalue weighted by Gasteiger charge is -2.17. The van der Waals surface area contributed by atoms with Crippen molar-refractivity contribution in [3.8, 4) is 0 Å². The number of rotatable bonds is 2. The van der Waals surface area contributed by atoms with Crippen molar-refractivity contribution in [2.45, 2.75) is 38.6 Å². The highest BCUT2D eigenvalue weighted by molar-refractivity contribution is 6.30. The summed E-state index contributed by atoms with van der Waals surface area (Å²) < 4.78 is 0. The highest BCUT2D eigenvalue weighted by atomic mass is 35.5. The summed E-state index contributed by atoms with van der Waals surface area (Å²) in [4.78, 5) is 4.59. The SMILES string of the molecule is CC(NC1=NCCCCC1)c1ccc(Cl)cc1. The first kappa shape index (κ1) is 12.4. The largest absolute Gasteiger partial charge is 0.367 e. The van der Waals surface area contributed by atoms with Gasteiger partial charge < -0.3 is 5.32 Å². The first-order valence-electron chi connectivity index (χ1n) is 6.31. The second kappa shape index (κ2) is 6.06. The summed E-state index contributed by atoms with van der Waals surface area (Å²) >= 11 is 5.89. The zero-order valence-corrected chi connectivity index (χ0v) is 11.0. The molecule has 0 fully saturated rings. The topological polar surface area (TPSA) is 24.4 Å². The molecule has 1 heterocycles. The third-order valence-corrected chi connectivity index (χ3v) is 3.38. The Kier molecular flexibility index (Phi) is 4.43. The lowest BCUT2D eigenvalue weighted by atomic mass is 10.1. The molecule has 0 amide bonds. The number of benzene rings is 1. The second-order valence-corrected chi connectivity index (χ2v) is 4.99. The number of aliphatic imine (C=N–C) groups is 1. The van der Waals surface area contributed by atoms with Gasteiger partial charge in [0.1, 0.15) is 0 Å². The van der Waals surface area contributed by atoms with Gasteiger partial charge in [-0.05, 0) is 37.5 Å². The molecule has 0 aliphatic carbocycles. The van der Waals surface area contributed by atoms with Crippen LogP contribution < -0.4 is 5.32 Å². The van der Waals surface area contributed by atoms with Crippen LogP contribution in [-0.2, 0) is 0 Å². The molecule has 0 radical (unpaired) electrons. The average molecular weight is 251 g/mol. The maximum absolute atomic E-state index is 5.89. The van der Waals surface area contributed by atoms with Crippen molar-refractivity contribution in [3.63, 3.8) is 0 Å². The standard InChI is InChI=1S/C14H19ClN2/c1-11(12-6-8-13(15)9-7-12)17-14-5-3-2-4-10-16-14/h6-9,11H,2-5,10H2,1H3,(H,16,17). The lowest BCUT2D eigenvalue weighted by Crippen LogP contribution is -2.26. The van der Waals surface area contributed by atoms with E-state index >= 15 is 0 Å². The molecule has 2 nitrogen and oxygen atoms in total. The highest BCUT2D eigenvalue weighted by Gasteiger charge is 2.09. The van der Waals surface area contributed by atoms with Crippen molar-refractivity contribution in [2.75, 3.05) is 6.54 Å². The Bertz CT molecular complexity index is 384. The fourth-order valence-electron chi connectivity index (χ4n) is 2.08. The van der Waals surface area contributed by atoms with Crippen molar-refractivity contribution in [1.29, 1.82) is 0 Å². The lowest BCUT2D eigenvalue weighted by molar-refractivity contribution is 0.693. The summed E-state index contributed by atoms with van der Waals surface area (Å²) in [6, 6.07) is 8.30. The molecule has 0 aromatic heterocycles. The van der Waals surface area contributed by atoms with Crippen LogP contribution in [0.5, 0.6) is 0 Å². The Morgan fingerprint density at radius 1 is 1.18 bits per heavy atom. The molecule has 1 aliphatic rings. The molecule has 1 aromatic rings. The van der Waals surface area contributed by atoms with E-state index in [0.29, 0.717) is 6.04 Å². The quantitative estimate of drug-likeness (QED) is 0.844. The third kappa shape index (κ3) is 3.74. The minimum absolute atomic E-state index is 0.295. The second-order valence-electron chi connectivity index (χ2n) is 4.56. The van der Waals surface area contributed by atoms with Crippen molar-refractivity contribution in [3.05, 3.63) is 34.9 Å². The maximum atomic E-state index is 5.89. The van der Waals surface area contributed by atoms with E-state index in [1.54, 1.807) is 0 Å². The first-order chi connectivity index (χ1) is 8.25. The molecule has 1 N–H and O–H groups in total. The molecule has 1 atom stereocenters. The van der Waals surface area contributed by atoms with Crippen LogP contribution in [0.4, 0.5) is 0 Å². The van der Waals surface area contributed by atoms with Crippen molar-refractivity contribution >= 4 is 17.4 Å². The number of nitrogens with one attached hydrogen (secondary N) is 1. The van der Waals surface area contributed by atoms with Gasteiger partial charge in [0.2, 0.25) is 0 Å². The van der Waals surface area contributed by atoms with Crippen molar-refractivity contribution in [2.24, 2.45) is 4.99 Å². The van der Waals surface area contributed by atoms with Gasteiger partial charge in [-0.3, -0.25) is 4.99 Å². The summed E-state index contributed by atoms with van der Waals surface area (Å²) in [5.41, 5.74) is 1.25. The molecule has 0 spiro atoms. The molecule has 92 valence electrons. The smallest absolute Gasteiger partial charge is 0.0967 e. The summed E-state index contributed by atoms with van der Waals surface area (Å²) in [6.07, 6.45) is 4.85.